The zero-order chi connectivity index (χ0) is 13.7. The first kappa shape index (κ1) is 15.0. The van der Waals surface area contributed by atoms with Gasteiger partial charge in [0.25, 0.3) is 0 Å². The molecule has 3 heteroatoms. The van der Waals surface area contributed by atoms with E-state index in [2.05, 4.69) is 52.1 Å². The molecule has 1 aliphatic carbocycles. The lowest BCUT2D eigenvalue weighted by molar-refractivity contribution is 0.183. The fourth-order valence-corrected chi connectivity index (χ4v) is 3.83. The lowest BCUT2D eigenvalue weighted by atomic mass is 9.82. The van der Waals surface area contributed by atoms with Crippen LogP contribution in [0, 0.1) is 0 Å². The molecule has 0 saturated heterocycles. The zero-order valence-electron chi connectivity index (χ0n) is 11.9. The van der Waals surface area contributed by atoms with Crippen LogP contribution in [0.5, 0.6) is 0 Å². The van der Waals surface area contributed by atoms with Crippen LogP contribution in [0.4, 0.5) is 0 Å². The van der Waals surface area contributed by atoms with E-state index in [1.54, 1.807) is 18.2 Å². The van der Waals surface area contributed by atoms with Crippen molar-refractivity contribution in [2.75, 3.05) is 33.9 Å². The Morgan fingerprint density at radius 1 is 1.42 bits per heavy atom. The Morgan fingerprint density at radius 3 is 3.00 bits per heavy atom. The van der Waals surface area contributed by atoms with Crippen LogP contribution < -0.4 is 0 Å². The summed E-state index contributed by atoms with van der Waals surface area (Å²) in [5.41, 5.74) is 3.12. The number of ether oxygens (including phenoxy) is 1. The summed E-state index contributed by atoms with van der Waals surface area (Å²) in [5, 5.41) is 0. The normalized spacial score (nSPS) is 20.3. The predicted octanol–water partition coefficient (Wildman–Crippen LogP) is 3.45. The quantitative estimate of drug-likeness (QED) is 0.743. The minimum absolute atomic E-state index is 0.418. The summed E-state index contributed by atoms with van der Waals surface area (Å²) in [6.45, 7) is 2.95. The van der Waals surface area contributed by atoms with Gasteiger partial charge in [0.2, 0.25) is 0 Å². The molecular weight excluding hydrogens is 302 g/mol. The number of aryl methyl sites for hydroxylation is 1. The molecule has 0 heterocycles. The molecule has 1 aromatic rings. The van der Waals surface area contributed by atoms with Gasteiger partial charge in [0.05, 0.1) is 11.4 Å². The minimum Gasteiger partial charge on any atom is -0.383 e. The molecule has 0 radical (unpaired) electrons. The van der Waals surface area contributed by atoms with Crippen LogP contribution in [0.15, 0.2) is 24.3 Å². The molecule has 0 amide bonds. The Morgan fingerprint density at radius 2 is 2.21 bits per heavy atom. The van der Waals surface area contributed by atoms with Gasteiger partial charge in [-0.2, -0.15) is 0 Å². The SMILES string of the molecule is COCC(Br)CN(C)CC1CCCc2ccccc21. The number of hydrogen-bond acceptors (Lipinski definition) is 2. The third-order valence-corrected chi connectivity index (χ3v) is 4.44. The molecule has 1 aliphatic rings. The van der Waals surface area contributed by atoms with Crippen LogP contribution in [0.25, 0.3) is 0 Å². The Kier molecular flexibility index (Phi) is 5.86. The Balaban J connectivity index is 1.93. The first-order valence-corrected chi connectivity index (χ1v) is 8.01. The van der Waals surface area contributed by atoms with E-state index in [4.69, 9.17) is 4.74 Å². The molecule has 0 bridgehead atoms. The molecule has 19 heavy (non-hydrogen) atoms. The fraction of sp³-hybridized carbons (Fsp3) is 0.625. The van der Waals surface area contributed by atoms with Gasteiger partial charge in [-0.05, 0) is 43.4 Å². The fourth-order valence-electron chi connectivity index (χ4n) is 3.07. The third kappa shape index (κ3) is 4.30. The second kappa shape index (κ2) is 7.41. The second-order valence-electron chi connectivity index (χ2n) is 5.56. The van der Waals surface area contributed by atoms with Gasteiger partial charge in [0, 0.05) is 20.2 Å². The Bertz CT molecular complexity index is 396. The maximum Gasteiger partial charge on any atom is 0.0600 e. The molecule has 2 nitrogen and oxygen atoms in total. The van der Waals surface area contributed by atoms with Gasteiger partial charge in [-0.3, -0.25) is 0 Å². The van der Waals surface area contributed by atoms with Crippen LogP contribution in [0.2, 0.25) is 0 Å². The van der Waals surface area contributed by atoms with E-state index in [9.17, 15) is 0 Å². The van der Waals surface area contributed by atoms with Crippen molar-refractivity contribution in [1.82, 2.24) is 4.90 Å². The number of alkyl halides is 1. The number of halogens is 1. The van der Waals surface area contributed by atoms with Gasteiger partial charge in [-0.15, -0.1) is 0 Å². The van der Waals surface area contributed by atoms with Gasteiger partial charge in [-0.25, -0.2) is 0 Å². The van der Waals surface area contributed by atoms with E-state index >= 15 is 0 Å². The zero-order valence-corrected chi connectivity index (χ0v) is 13.5. The van der Waals surface area contributed by atoms with Crippen LogP contribution in [-0.2, 0) is 11.2 Å². The van der Waals surface area contributed by atoms with Crippen molar-refractivity contribution in [3.63, 3.8) is 0 Å². The van der Waals surface area contributed by atoms with Crippen molar-refractivity contribution in [2.45, 2.75) is 30.0 Å². The number of hydrogen-bond donors (Lipinski definition) is 0. The lowest BCUT2D eigenvalue weighted by Crippen LogP contribution is -2.32. The molecule has 2 unspecified atom stereocenters. The first-order chi connectivity index (χ1) is 9.20. The van der Waals surface area contributed by atoms with Gasteiger partial charge in [0.1, 0.15) is 0 Å². The molecular formula is C16H24BrNO. The van der Waals surface area contributed by atoms with Gasteiger partial charge >= 0.3 is 0 Å². The monoisotopic (exact) mass is 325 g/mol. The number of methoxy groups -OCH3 is 1. The van der Waals surface area contributed by atoms with E-state index in [0.29, 0.717) is 10.7 Å². The maximum atomic E-state index is 5.18. The van der Waals surface area contributed by atoms with Crippen molar-refractivity contribution < 1.29 is 4.74 Å². The number of rotatable bonds is 6. The first-order valence-electron chi connectivity index (χ1n) is 7.10. The summed E-state index contributed by atoms with van der Waals surface area (Å²) < 4.78 is 5.18. The lowest BCUT2D eigenvalue weighted by Gasteiger charge is -2.30. The average Bonchev–Trinajstić information content (AvgIpc) is 2.39. The number of likely N-dealkylation sites (N-methyl/N-ethyl adjacent to an activating group) is 1. The highest BCUT2D eigenvalue weighted by Crippen LogP contribution is 2.31. The highest BCUT2D eigenvalue weighted by atomic mass is 79.9. The minimum atomic E-state index is 0.418. The molecule has 0 N–H and O–H groups in total. The summed E-state index contributed by atoms with van der Waals surface area (Å²) in [6.07, 6.45) is 3.89. The highest BCUT2D eigenvalue weighted by Gasteiger charge is 2.21. The molecule has 0 aliphatic heterocycles. The van der Waals surface area contributed by atoms with Gasteiger partial charge < -0.3 is 9.64 Å². The van der Waals surface area contributed by atoms with Crippen LogP contribution in [-0.4, -0.2) is 43.6 Å². The standard InChI is InChI=1S/C16H24BrNO/c1-18(11-15(17)12-19-2)10-14-8-5-7-13-6-3-4-9-16(13)14/h3-4,6,9,14-15H,5,7-8,10-12H2,1-2H3. The van der Waals surface area contributed by atoms with E-state index < -0.39 is 0 Å². The van der Waals surface area contributed by atoms with Crippen molar-refractivity contribution in [1.29, 1.82) is 0 Å². The maximum absolute atomic E-state index is 5.18. The number of nitrogens with zero attached hydrogens (tertiary/aromatic N) is 1. The van der Waals surface area contributed by atoms with Crippen molar-refractivity contribution in [3.05, 3.63) is 35.4 Å². The smallest absolute Gasteiger partial charge is 0.0600 e. The van der Waals surface area contributed by atoms with E-state index in [1.807, 2.05) is 0 Å². The average molecular weight is 326 g/mol. The van der Waals surface area contributed by atoms with Crippen molar-refractivity contribution >= 4 is 15.9 Å². The summed E-state index contributed by atoms with van der Waals surface area (Å²) in [4.78, 5) is 2.84. The molecule has 106 valence electrons. The highest BCUT2D eigenvalue weighted by molar-refractivity contribution is 9.09. The van der Waals surface area contributed by atoms with Crippen LogP contribution >= 0.6 is 15.9 Å². The predicted molar refractivity (Wildman–Crippen MR) is 84.2 cm³/mol. The largest absolute Gasteiger partial charge is 0.383 e. The number of fused-ring (bicyclic) bond motifs is 1. The summed E-state index contributed by atoms with van der Waals surface area (Å²) in [5.74, 6) is 0.692. The Labute approximate surface area is 125 Å². The molecule has 0 spiro atoms. The Hall–Kier alpha value is -0.380. The van der Waals surface area contributed by atoms with E-state index in [-0.39, 0.29) is 0 Å². The molecule has 0 saturated carbocycles. The number of benzene rings is 1. The topological polar surface area (TPSA) is 12.5 Å². The molecule has 1 aromatic carbocycles. The van der Waals surface area contributed by atoms with Gasteiger partial charge in [0.15, 0.2) is 0 Å². The molecule has 2 atom stereocenters. The third-order valence-electron chi connectivity index (χ3n) is 3.88. The van der Waals surface area contributed by atoms with Crippen molar-refractivity contribution in [3.8, 4) is 0 Å². The molecule has 0 aromatic heterocycles. The molecule has 2 rings (SSSR count). The summed E-state index contributed by atoms with van der Waals surface area (Å²) >= 11 is 3.67. The van der Waals surface area contributed by atoms with Crippen LogP contribution in [0.3, 0.4) is 0 Å². The summed E-state index contributed by atoms with van der Waals surface area (Å²) in [6, 6.07) is 8.95. The van der Waals surface area contributed by atoms with Crippen LogP contribution in [0.1, 0.15) is 29.9 Å². The van der Waals surface area contributed by atoms with Gasteiger partial charge in [-0.1, -0.05) is 40.2 Å². The van der Waals surface area contributed by atoms with Crippen molar-refractivity contribution in [2.24, 2.45) is 0 Å². The van der Waals surface area contributed by atoms with E-state index in [0.717, 1.165) is 19.7 Å². The summed E-state index contributed by atoms with van der Waals surface area (Å²) in [7, 11) is 3.97. The van der Waals surface area contributed by atoms with E-state index in [1.165, 1.54) is 19.3 Å². The second-order valence-corrected chi connectivity index (χ2v) is 6.86. The molecule has 0 fully saturated rings.